The molecule has 0 aliphatic rings. The average molecular weight is 210 g/mol. The van der Waals surface area contributed by atoms with Gasteiger partial charge in [-0.3, -0.25) is 0 Å². The molecule has 0 aromatic rings. The maximum atomic E-state index is 3.75. The molecular formula is C15H30. The van der Waals surface area contributed by atoms with Gasteiger partial charge in [0.05, 0.1) is 0 Å². The second kappa shape index (κ2) is 11.8. The number of unbranched alkanes of at least 4 members (excludes halogenated alkanes) is 6. The fraction of sp³-hybridized carbons (Fsp3) is 0.867. The number of allylic oxidation sites excluding steroid dienone is 1. The van der Waals surface area contributed by atoms with Gasteiger partial charge in [0.1, 0.15) is 0 Å². The highest BCUT2D eigenvalue weighted by Crippen LogP contribution is 2.16. The molecule has 0 aromatic carbocycles. The minimum absolute atomic E-state index is 0.957. The van der Waals surface area contributed by atoms with Crippen molar-refractivity contribution in [3.63, 3.8) is 0 Å². The summed E-state index contributed by atoms with van der Waals surface area (Å²) < 4.78 is 0. The molecule has 90 valence electrons. The zero-order chi connectivity index (χ0) is 11.4. The second-order valence-electron chi connectivity index (χ2n) is 4.88. The predicted octanol–water partition coefficient (Wildman–Crippen LogP) is 5.73. The van der Waals surface area contributed by atoms with E-state index in [9.17, 15) is 0 Å². The Morgan fingerprint density at radius 2 is 1.53 bits per heavy atom. The molecule has 0 amide bonds. The summed E-state index contributed by atoms with van der Waals surface area (Å²) in [5, 5.41) is 0. The van der Waals surface area contributed by atoms with Crippen LogP contribution in [0.3, 0.4) is 0 Å². The van der Waals surface area contributed by atoms with Gasteiger partial charge in [0.25, 0.3) is 0 Å². The molecule has 0 nitrogen and oxygen atoms in total. The van der Waals surface area contributed by atoms with Crippen LogP contribution in [-0.4, -0.2) is 0 Å². The van der Waals surface area contributed by atoms with Crippen LogP contribution in [0, 0.1) is 5.92 Å². The van der Waals surface area contributed by atoms with Crippen molar-refractivity contribution < 1.29 is 0 Å². The summed E-state index contributed by atoms with van der Waals surface area (Å²) in [6, 6.07) is 0. The van der Waals surface area contributed by atoms with E-state index in [2.05, 4.69) is 20.4 Å². The van der Waals surface area contributed by atoms with Gasteiger partial charge in [-0.2, -0.15) is 0 Å². The third-order valence-corrected chi connectivity index (χ3v) is 3.16. The Labute approximate surface area is 97.2 Å². The first-order valence-corrected chi connectivity index (χ1v) is 6.92. The first-order chi connectivity index (χ1) is 7.31. The van der Waals surface area contributed by atoms with Crippen LogP contribution < -0.4 is 0 Å². The molecule has 0 spiro atoms. The molecule has 0 aliphatic heterocycles. The first kappa shape index (κ1) is 14.7. The van der Waals surface area contributed by atoms with E-state index >= 15 is 0 Å². The lowest BCUT2D eigenvalue weighted by Crippen LogP contribution is -1.94. The Kier molecular flexibility index (Phi) is 11.6. The highest BCUT2D eigenvalue weighted by molar-refractivity contribution is 4.65. The van der Waals surface area contributed by atoms with Crippen molar-refractivity contribution in [2.24, 2.45) is 5.92 Å². The molecule has 0 aromatic heterocycles. The molecule has 0 rings (SSSR count). The molecule has 15 heavy (non-hydrogen) atoms. The van der Waals surface area contributed by atoms with Crippen molar-refractivity contribution in [1.29, 1.82) is 0 Å². The number of hydrogen-bond donors (Lipinski definition) is 0. The zero-order valence-electron chi connectivity index (χ0n) is 10.9. The first-order valence-electron chi connectivity index (χ1n) is 6.92. The minimum atomic E-state index is 0.957. The summed E-state index contributed by atoms with van der Waals surface area (Å²) in [6.45, 7) is 8.44. The Hall–Kier alpha value is -0.260. The van der Waals surface area contributed by atoms with Crippen LogP contribution in [0.25, 0.3) is 0 Å². The summed E-state index contributed by atoms with van der Waals surface area (Å²) in [5.74, 6) is 0.957. The molecule has 1 atom stereocenters. The van der Waals surface area contributed by atoms with Crippen LogP contribution in [0.1, 0.15) is 78.1 Å². The molecule has 0 N–H and O–H groups in total. The standard InChI is InChI=1S/C15H30/c1-4-6-8-9-10-11-12-14-15(3)13-7-5-2/h4,15H,1,5-14H2,2-3H3. The molecule has 0 heteroatoms. The lowest BCUT2D eigenvalue weighted by Gasteiger charge is -2.09. The monoisotopic (exact) mass is 210 g/mol. The van der Waals surface area contributed by atoms with Gasteiger partial charge >= 0.3 is 0 Å². The van der Waals surface area contributed by atoms with Crippen molar-refractivity contribution in [2.45, 2.75) is 78.1 Å². The normalized spacial score (nSPS) is 12.7. The maximum Gasteiger partial charge on any atom is -0.0353 e. The summed E-state index contributed by atoms with van der Waals surface area (Å²) >= 11 is 0. The highest BCUT2D eigenvalue weighted by Gasteiger charge is 2.00. The largest absolute Gasteiger partial charge is 0.103 e. The molecule has 0 aliphatic carbocycles. The van der Waals surface area contributed by atoms with Crippen LogP contribution in [0.2, 0.25) is 0 Å². The number of rotatable bonds is 11. The molecule has 1 unspecified atom stereocenters. The quantitative estimate of drug-likeness (QED) is 0.302. The molecule has 0 heterocycles. The molecule has 0 bridgehead atoms. The van der Waals surface area contributed by atoms with Gasteiger partial charge in [0.2, 0.25) is 0 Å². The Balaban J connectivity index is 3.05. The third kappa shape index (κ3) is 11.7. The van der Waals surface area contributed by atoms with Crippen LogP contribution in [0.15, 0.2) is 12.7 Å². The van der Waals surface area contributed by atoms with E-state index in [-0.39, 0.29) is 0 Å². The third-order valence-electron chi connectivity index (χ3n) is 3.16. The van der Waals surface area contributed by atoms with Crippen molar-refractivity contribution in [2.75, 3.05) is 0 Å². The molecule has 0 saturated heterocycles. The van der Waals surface area contributed by atoms with Crippen molar-refractivity contribution in [3.8, 4) is 0 Å². The van der Waals surface area contributed by atoms with E-state index in [4.69, 9.17) is 0 Å². The second-order valence-corrected chi connectivity index (χ2v) is 4.88. The van der Waals surface area contributed by atoms with Crippen molar-refractivity contribution >= 4 is 0 Å². The molecule has 0 fully saturated rings. The maximum absolute atomic E-state index is 3.75. The summed E-state index contributed by atoms with van der Waals surface area (Å²) in [7, 11) is 0. The van der Waals surface area contributed by atoms with Gasteiger partial charge in [0, 0.05) is 0 Å². The lowest BCUT2D eigenvalue weighted by molar-refractivity contribution is 0.442. The SMILES string of the molecule is C=CCCCCCCCC(C)CCCC. The van der Waals surface area contributed by atoms with E-state index in [0.717, 1.165) is 5.92 Å². The lowest BCUT2D eigenvalue weighted by atomic mass is 9.97. The highest BCUT2D eigenvalue weighted by atomic mass is 14.1. The van der Waals surface area contributed by atoms with Gasteiger partial charge < -0.3 is 0 Å². The van der Waals surface area contributed by atoms with Gasteiger partial charge in [-0.05, 0) is 18.8 Å². The summed E-state index contributed by atoms with van der Waals surface area (Å²) in [5.41, 5.74) is 0. The van der Waals surface area contributed by atoms with E-state index in [0.29, 0.717) is 0 Å². The van der Waals surface area contributed by atoms with Gasteiger partial charge in [-0.1, -0.05) is 71.3 Å². The van der Waals surface area contributed by atoms with E-state index in [1.165, 1.54) is 64.2 Å². The van der Waals surface area contributed by atoms with E-state index < -0.39 is 0 Å². The van der Waals surface area contributed by atoms with Gasteiger partial charge in [-0.25, -0.2) is 0 Å². The minimum Gasteiger partial charge on any atom is -0.103 e. The van der Waals surface area contributed by atoms with Crippen molar-refractivity contribution in [3.05, 3.63) is 12.7 Å². The molecule has 0 radical (unpaired) electrons. The van der Waals surface area contributed by atoms with Gasteiger partial charge in [-0.15, -0.1) is 6.58 Å². The van der Waals surface area contributed by atoms with Crippen LogP contribution in [0.4, 0.5) is 0 Å². The smallest absolute Gasteiger partial charge is 0.0353 e. The Bertz CT molecular complexity index is 126. The number of hydrogen-bond acceptors (Lipinski definition) is 0. The topological polar surface area (TPSA) is 0 Å². The van der Waals surface area contributed by atoms with Crippen LogP contribution >= 0.6 is 0 Å². The molecular weight excluding hydrogens is 180 g/mol. The summed E-state index contributed by atoms with van der Waals surface area (Å²) in [6.07, 6.45) is 15.9. The van der Waals surface area contributed by atoms with Crippen LogP contribution in [-0.2, 0) is 0 Å². The Morgan fingerprint density at radius 1 is 0.933 bits per heavy atom. The van der Waals surface area contributed by atoms with Gasteiger partial charge in [0.15, 0.2) is 0 Å². The van der Waals surface area contributed by atoms with E-state index in [1.807, 2.05) is 6.08 Å². The fourth-order valence-corrected chi connectivity index (χ4v) is 2.01. The zero-order valence-corrected chi connectivity index (χ0v) is 10.9. The fourth-order valence-electron chi connectivity index (χ4n) is 2.01. The van der Waals surface area contributed by atoms with E-state index in [1.54, 1.807) is 0 Å². The van der Waals surface area contributed by atoms with Crippen molar-refractivity contribution in [1.82, 2.24) is 0 Å². The Morgan fingerprint density at radius 3 is 2.20 bits per heavy atom. The molecule has 0 saturated carbocycles. The average Bonchev–Trinajstić information content (AvgIpc) is 2.25. The predicted molar refractivity (Wildman–Crippen MR) is 71.2 cm³/mol. The van der Waals surface area contributed by atoms with Crippen LogP contribution in [0.5, 0.6) is 0 Å². The summed E-state index contributed by atoms with van der Waals surface area (Å²) in [4.78, 5) is 0.